The molecule has 0 bridgehead atoms. The van der Waals surface area contributed by atoms with Crippen molar-refractivity contribution in [3.8, 4) is 0 Å². The Bertz CT molecular complexity index is 905. The van der Waals surface area contributed by atoms with Crippen LogP contribution < -0.4 is 16.0 Å². The van der Waals surface area contributed by atoms with E-state index < -0.39 is 10.0 Å². The van der Waals surface area contributed by atoms with E-state index in [4.69, 9.17) is 5.84 Å². The first kappa shape index (κ1) is 13.9. The molecule has 0 fully saturated rings. The van der Waals surface area contributed by atoms with Gasteiger partial charge < -0.3 is 5.43 Å². The Morgan fingerprint density at radius 1 is 1.43 bits per heavy atom. The van der Waals surface area contributed by atoms with Gasteiger partial charge in [-0.15, -0.1) is 11.3 Å². The molecule has 0 aromatic carbocycles. The van der Waals surface area contributed by atoms with Gasteiger partial charge in [0.1, 0.15) is 5.82 Å². The monoisotopic (exact) mass is 327 g/mol. The van der Waals surface area contributed by atoms with Crippen molar-refractivity contribution in [2.24, 2.45) is 12.9 Å². The third-order valence-electron chi connectivity index (χ3n) is 2.85. The Hall–Kier alpha value is -2.11. The summed E-state index contributed by atoms with van der Waals surface area (Å²) in [5.41, 5.74) is 3.03. The molecule has 11 heteroatoms. The topological polar surface area (TPSA) is 119 Å². The van der Waals surface area contributed by atoms with Crippen molar-refractivity contribution in [3.05, 3.63) is 23.3 Å². The van der Waals surface area contributed by atoms with Crippen LogP contribution in [0.3, 0.4) is 0 Å². The molecule has 0 saturated carbocycles. The predicted molar refractivity (Wildman–Crippen MR) is 79.6 cm³/mol. The summed E-state index contributed by atoms with van der Waals surface area (Å²) in [6, 6.07) is 1.64. The standard InChI is InChI=1S/C10H13N7O2S2/c1-6-5-7(16(2)14-6)15-21(18,19)9-8(13-11)12-10-17(9)3-4-20-10/h3-5,13,15H,11H2,1-2H3. The second-order valence-electron chi connectivity index (χ2n) is 4.37. The van der Waals surface area contributed by atoms with Crippen LogP contribution in [0.2, 0.25) is 0 Å². The van der Waals surface area contributed by atoms with Crippen LogP contribution in [0.25, 0.3) is 4.96 Å². The van der Waals surface area contributed by atoms with Crippen LogP contribution >= 0.6 is 11.3 Å². The Labute approximate surface area is 124 Å². The third-order valence-corrected chi connectivity index (χ3v) is 4.98. The van der Waals surface area contributed by atoms with Crippen LogP contribution in [0.1, 0.15) is 5.69 Å². The minimum atomic E-state index is -3.86. The zero-order valence-corrected chi connectivity index (χ0v) is 12.9. The van der Waals surface area contributed by atoms with Gasteiger partial charge in [0.2, 0.25) is 5.03 Å². The Morgan fingerprint density at radius 3 is 2.81 bits per heavy atom. The van der Waals surface area contributed by atoms with Crippen LogP contribution in [0.15, 0.2) is 22.7 Å². The summed E-state index contributed by atoms with van der Waals surface area (Å²) in [7, 11) is -2.21. The molecule has 0 aliphatic heterocycles. The zero-order chi connectivity index (χ0) is 15.2. The number of nitrogens with zero attached hydrogens (tertiary/aromatic N) is 4. The van der Waals surface area contributed by atoms with Crippen LogP contribution in [0.5, 0.6) is 0 Å². The molecule has 112 valence electrons. The maximum absolute atomic E-state index is 12.6. The minimum Gasteiger partial charge on any atom is -0.306 e. The average Bonchev–Trinajstić information content (AvgIpc) is 3.02. The number of rotatable bonds is 4. The Morgan fingerprint density at radius 2 is 2.19 bits per heavy atom. The number of nitrogen functional groups attached to an aromatic ring is 1. The molecular weight excluding hydrogens is 314 g/mol. The summed E-state index contributed by atoms with van der Waals surface area (Å²) in [6.45, 7) is 1.78. The van der Waals surface area contributed by atoms with Crippen molar-refractivity contribution >= 4 is 38.0 Å². The Kier molecular flexibility index (Phi) is 3.11. The number of aromatic nitrogens is 4. The number of fused-ring (bicyclic) bond motifs is 1. The van der Waals surface area contributed by atoms with Crippen molar-refractivity contribution in [2.75, 3.05) is 10.1 Å². The van der Waals surface area contributed by atoms with Crippen molar-refractivity contribution in [1.82, 2.24) is 19.2 Å². The molecule has 0 saturated heterocycles. The van der Waals surface area contributed by atoms with Crippen molar-refractivity contribution in [3.63, 3.8) is 0 Å². The van der Waals surface area contributed by atoms with E-state index in [1.54, 1.807) is 31.6 Å². The van der Waals surface area contributed by atoms with Gasteiger partial charge in [0.05, 0.1) is 5.69 Å². The molecule has 9 nitrogen and oxygen atoms in total. The number of imidazole rings is 1. The molecule has 0 atom stereocenters. The smallest absolute Gasteiger partial charge is 0.282 e. The molecule has 3 aromatic heterocycles. The van der Waals surface area contributed by atoms with Gasteiger partial charge in [0, 0.05) is 24.7 Å². The largest absolute Gasteiger partial charge is 0.306 e. The fourth-order valence-electron chi connectivity index (χ4n) is 2.01. The predicted octanol–water partition coefficient (Wildman–Crippen LogP) is 0.524. The first-order valence-electron chi connectivity index (χ1n) is 5.88. The number of aryl methyl sites for hydroxylation is 2. The van der Waals surface area contributed by atoms with E-state index in [0.29, 0.717) is 16.5 Å². The molecule has 0 aliphatic rings. The number of anilines is 2. The molecule has 0 aliphatic carbocycles. The van der Waals surface area contributed by atoms with E-state index >= 15 is 0 Å². The number of hydrogen-bond donors (Lipinski definition) is 3. The number of nitrogens with two attached hydrogens (primary N) is 1. The SMILES string of the molecule is Cc1cc(NS(=O)(=O)c2c(NN)nc3sccn23)n(C)n1. The number of thiazole rings is 1. The highest BCUT2D eigenvalue weighted by molar-refractivity contribution is 7.92. The highest BCUT2D eigenvalue weighted by atomic mass is 32.2. The maximum Gasteiger partial charge on any atom is 0.282 e. The van der Waals surface area contributed by atoms with Gasteiger partial charge in [-0.05, 0) is 6.92 Å². The molecular formula is C10H13N7O2S2. The lowest BCUT2D eigenvalue weighted by Crippen LogP contribution is -2.20. The second-order valence-corrected chi connectivity index (χ2v) is 6.84. The molecule has 0 amide bonds. The van der Waals surface area contributed by atoms with Gasteiger partial charge in [0.15, 0.2) is 10.8 Å². The van der Waals surface area contributed by atoms with Crippen LogP contribution in [-0.2, 0) is 17.1 Å². The van der Waals surface area contributed by atoms with Gasteiger partial charge >= 0.3 is 0 Å². The first-order chi connectivity index (χ1) is 9.92. The number of nitrogens with one attached hydrogen (secondary N) is 2. The van der Waals surface area contributed by atoms with Gasteiger partial charge in [-0.25, -0.2) is 5.84 Å². The summed E-state index contributed by atoms with van der Waals surface area (Å²) in [5.74, 6) is 5.82. The fraction of sp³-hybridized carbons (Fsp3) is 0.200. The molecule has 3 heterocycles. The van der Waals surface area contributed by atoms with E-state index in [1.165, 1.54) is 20.4 Å². The molecule has 0 unspecified atom stereocenters. The summed E-state index contributed by atoms with van der Waals surface area (Å²) in [5, 5.41) is 5.80. The lowest BCUT2D eigenvalue weighted by Gasteiger charge is -2.08. The maximum atomic E-state index is 12.6. The first-order valence-corrected chi connectivity index (χ1v) is 8.24. The third kappa shape index (κ3) is 2.24. The quantitative estimate of drug-likeness (QED) is 0.475. The summed E-state index contributed by atoms with van der Waals surface area (Å²) < 4.78 is 30.6. The highest BCUT2D eigenvalue weighted by Gasteiger charge is 2.26. The number of hydrazine groups is 1. The molecule has 4 N–H and O–H groups in total. The normalized spacial score (nSPS) is 12.0. The van der Waals surface area contributed by atoms with E-state index in [1.807, 2.05) is 0 Å². The van der Waals surface area contributed by atoms with Crippen LogP contribution in [0.4, 0.5) is 11.6 Å². The van der Waals surface area contributed by atoms with Crippen LogP contribution in [0, 0.1) is 6.92 Å². The average molecular weight is 327 g/mol. The molecule has 3 aromatic rings. The summed E-state index contributed by atoms with van der Waals surface area (Å²) >= 11 is 1.31. The van der Waals surface area contributed by atoms with Gasteiger partial charge in [-0.2, -0.15) is 18.5 Å². The number of sulfonamides is 1. The fourth-order valence-corrected chi connectivity index (χ4v) is 4.11. The van der Waals surface area contributed by atoms with E-state index in [2.05, 4.69) is 20.2 Å². The van der Waals surface area contributed by atoms with E-state index in [0.717, 1.165) is 0 Å². The van der Waals surface area contributed by atoms with Gasteiger partial charge in [-0.3, -0.25) is 13.8 Å². The number of hydrogen-bond acceptors (Lipinski definition) is 7. The van der Waals surface area contributed by atoms with Crippen molar-refractivity contribution < 1.29 is 8.42 Å². The van der Waals surface area contributed by atoms with Gasteiger partial charge in [-0.1, -0.05) is 0 Å². The van der Waals surface area contributed by atoms with Crippen molar-refractivity contribution in [1.29, 1.82) is 0 Å². The summed E-state index contributed by atoms with van der Waals surface area (Å²) in [4.78, 5) is 4.66. The Balaban J connectivity index is 2.11. The molecule has 0 radical (unpaired) electrons. The molecule has 0 spiro atoms. The zero-order valence-electron chi connectivity index (χ0n) is 11.2. The van der Waals surface area contributed by atoms with Crippen LogP contribution in [-0.4, -0.2) is 27.6 Å². The molecule has 21 heavy (non-hydrogen) atoms. The second kappa shape index (κ2) is 4.72. The van der Waals surface area contributed by atoms with Crippen molar-refractivity contribution in [2.45, 2.75) is 11.9 Å². The van der Waals surface area contributed by atoms with Gasteiger partial charge in [0.25, 0.3) is 10.0 Å². The lowest BCUT2D eigenvalue weighted by molar-refractivity contribution is 0.596. The van der Waals surface area contributed by atoms with E-state index in [9.17, 15) is 8.42 Å². The highest BCUT2D eigenvalue weighted by Crippen LogP contribution is 2.26. The van der Waals surface area contributed by atoms with E-state index in [-0.39, 0.29) is 10.8 Å². The molecule has 3 rings (SSSR count). The lowest BCUT2D eigenvalue weighted by atomic mass is 10.5. The minimum absolute atomic E-state index is 0.0416. The summed E-state index contributed by atoms with van der Waals surface area (Å²) in [6.07, 6.45) is 1.62.